The number of para-hydroxylation sites is 1. The third-order valence-electron chi connectivity index (χ3n) is 4.31. The van der Waals surface area contributed by atoms with Crippen LogP contribution >= 0.6 is 0 Å². The first kappa shape index (κ1) is 14.6. The van der Waals surface area contributed by atoms with Crippen molar-refractivity contribution in [3.8, 4) is 0 Å². The van der Waals surface area contributed by atoms with Crippen molar-refractivity contribution in [1.29, 1.82) is 0 Å². The number of hydrogen-bond acceptors (Lipinski definition) is 1. The molecule has 24 heavy (non-hydrogen) atoms. The van der Waals surface area contributed by atoms with Crippen molar-refractivity contribution < 1.29 is 0 Å². The van der Waals surface area contributed by atoms with Crippen molar-refractivity contribution in [3.05, 3.63) is 115 Å². The van der Waals surface area contributed by atoms with Gasteiger partial charge < -0.3 is 4.90 Å². The Morgan fingerprint density at radius 3 is 1.38 bits per heavy atom. The second-order valence-corrected chi connectivity index (χ2v) is 5.96. The maximum atomic E-state index is 2.25. The van der Waals surface area contributed by atoms with Crippen LogP contribution in [0.2, 0.25) is 0 Å². The number of anilines is 1. The molecule has 0 aliphatic carbocycles. The van der Waals surface area contributed by atoms with Gasteiger partial charge in [-0.1, -0.05) is 89.8 Å². The largest absolute Gasteiger partial charge is 0.325 e. The molecule has 0 unspecified atom stereocenters. The molecule has 114 valence electrons. The van der Waals surface area contributed by atoms with Crippen LogP contribution in [0.5, 0.6) is 0 Å². The van der Waals surface area contributed by atoms with E-state index in [1.54, 1.807) is 0 Å². The Balaban J connectivity index is 1.78. The van der Waals surface area contributed by atoms with Crippen LogP contribution < -0.4 is 4.90 Å². The first-order valence-electron chi connectivity index (χ1n) is 8.26. The molecule has 0 spiro atoms. The van der Waals surface area contributed by atoms with Gasteiger partial charge in [0, 0.05) is 18.1 Å². The Labute approximate surface area is 143 Å². The van der Waals surface area contributed by atoms with E-state index in [9.17, 15) is 0 Å². The van der Waals surface area contributed by atoms with E-state index in [0.29, 0.717) is 0 Å². The summed E-state index contributed by atoms with van der Waals surface area (Å²) in [6.45, 7) is 0. The molecule has 3 aromatic carbocycles. The minimum absolute atomic E-state index is 0.942. The van der Waals surface area contributed by atoms with Gasteiger partial charge >= 0.3 is 0 Å². The molecule has 1 heterocycles. The fraction of sp³-hybridized carbons (Fsp3) is 0. The van der Waals surface area contributed by atoms with Crippen molar-refractivity contribution >= 4 is 23.9 Å². The number of benzene rings is 3. The molecule has 1 nitrogen and oxygen atoms in total. The summed E-state index contributed by atoms with van der Waals surface area (Å²) >= 11 is 0. The molecule has 0 saturated heterocycles. The van der Waals surface area contributed by atoms with E-state index >= 15 is 0 Å². The average molecular weight is 307 g/mol. The molecule has 0 radical (unpaired) electrons. The third-order valence-corrected chi connectivity index (χ3v) is 4.31. The van der Waals surface area contributed by atoms with Crippen LogP contribution in [0.3, 0.4) is 0 Å². The highest BCUT2D eigenvalue weighted by Gasteiger charge is 2.17. The van der Waals surface area contributed by atoms with Gasteiger partial charge in [-0.2, -0.15) is 0 Å². The van der Waals surface area contributed by atoms with Crippen LogP contribution in [0.25, 0.3) is 10.9 Å². The van der Waals surface area contributed by atoms with Crippen LogP contribution in [0.15, 0.2) is 103 Å². The Morgan fingerprint density at radius 1 is 0.500 bits per heavy atom. The van der Waals surface area contributed by atoms with E-state index in [0.717, 1.165) is 7.28 Å². The topological polar surface area (TPSA) is 3.24 Å². The van der Waals surface area contributed by atoms with Crippen molar-refractivity contribution in [2.24, 2.45) is 0 Å². The Morgan fingerprint density at radius 2 is 0.917 bits per heavy atom. The second-order valence-electron chi connectivity index (χ2n) is 5.96. The summed E-state index contributed by atoms with van der Waals surface area (Å²) in [5, 5.41) is 0. The zero-order valence-corrected chi connectivity index (χ0v) is 13.5. The lowest BCUT2D eigenvalue weighted by Gasteiger charge is -2.25. The van der Waals surface area contributed by atoms with E-state index in [4.69, 9.17) is 0 Å². The van der Waals surface area contributed by atoms with Gasteiger partial charge in [0.05, 0.1) is 0 Å². The van der Waals surface area contributed by atoms with E-state index in [1.165, 1.54) is 27.8 Å². The Kier molecular flexibility index (Phi) is 4.03. The SMILES string of the molecule is B1C(c2ccccc2)=CN(c2ccccc2)C=C1c1ccccc1. The maximum Gasteiger partial charge on any atom is 0.197 e. The van der Waals surface area contributed by atoms with Gasteiger partial charge in [0.2, 0.25) is 0 Å². The number of nitrogens with zero attached hydrogens (tertiary/aromatic N) is 1. The van der Waals surface area contributed by atoms with Gasteiger partial charge in [-0.3, -0.25) is 0 Å². The zero-order valence-electron chi connectivity index (χ0n) is 13.5. The molecule has 0 N–H and O–H groups in total. The van der Waals surface area contributed by atoms with Crippen LogP contribution in [0.1, 0.15) is 11.1 Å². The smallest absolute Gasteiger partial charge is 0.197 e. The van der Waals surface area contributed by atoms with Crippen LogP contribution in [0.4, 0.5) is 5.69 Å². The van der Waals surface area contributed by atoms with Crippen molar-refractivity contribution in [2.45, 2.75) is 0 Å². The molecular formula is C22H18BN. The van der Waals surface area contributed by atoms with Crippen molar-refractivity contribution in [3.63, 3.8) is 0 Å². The van der Waals surface area contributed by atoms with Crippen molar-refractivity contribution in [2.75, 3.05) is 4.90 Å². The summed E-state index contributed by atoms with van der Waals surface area (Å²) in [5.41, 5.74) is 6.40. The molecule has 1 aliphatic heterocycles. The van der Waals surface area contributed by atoms with E-state index in [-0.39, 0.29) is 0 Å². The lowest BCUT2D eigenvalue weighted by atomic mass is 9.58. The van der Waals surface area contributed by atoms with Gasteiger partial charge in [-0.05, 0) is 23.3 Å². The highest BCUT2D eigenvalue weighted by atomic mass is 15.1. The predicted octanol–water partition coefficient (Wildman–Crippen LogP) is 4.94. The molecule has 0 amide bonds. The van der Waals surface area contributed by atoms with E-state index in [1.807, 2.05) is 0 Å². The maximum absolute atomic E-state index is 2.25. The molecule has 0 aromatic heterocycles. The molecule has 0 atom stereocenters. The molecule has 1 aliphatic rings. The van der Waals surface area contributed by atoms with Crippen LogP contribution in [0, 0.1) is 0 Å². The van der Waals surface area contributed by atoms with Gasteiger partial charge in [0.1, 0.15) is 0 Å². The fourth-order valence-corrected chi connectivity index (χ4v) is 3.08. The average Bonchev–Trinajstić information content (AvgIpc) is 2.70. The van der Waals surface area contributed by atoms with Gasteiger partial charge in [0.15, 0.2) is 7.28 Å². The minimum atomic E-state index is 0.942. The molecule has 0 saturated carbocycles. The molecule has 0 bridgehead atoms. The molecular weight excluding hydrogens is 289 g/mol. The highest BCUT2D eigenvalue weighted by Crippen LogP contribution is 2.29. The monoisotopic (exact) mass is 307 g/mol. The molecule has 0 fully saturated rings. The summed E-state index contributed by atoms with van der Waals surface area (Å²) in [6, 6.07) is 31.8. The minimum Gasteiger partial charge on any atom is -0.325 e. The van der Waals surface area contributed by atoms with Crippen LogP contribution in [-0.4, -0.2) is 7.28 Å². The number of hydrogen-bond donors (Lipinski definition) is 0. The van der Waals surface area contributed by atoms with Gasteiger partial charge in [0.25, 0.3) is 0 Å². The van der Waals surface area contributed by atoms with E-state index < -0.39 is 0 Å². The Bertz CT molecular complexity index is 812. The summed E-state index contributed by atoms with van der Waals surface area (Å²) in [6.07, 6.45) is 4.49. The quantitative estimate of drug-likeness (QED) is 0.619. The highest BCUT2D eigenvalue weighted by molar-refractivity contribution is 6.79. The molecule has 2 heteroatoms. The summed E-state index contributed by atoms with van der Waals surface area (Å²) in [5.74, 6) is 0. The third kappa shape index (κ3) is 3.04. The van der Waals surface area contributed by atoms with Crippen molar-refractivity contribution in [1.82, 2.24) is 0 Å². The standard InChI is InChI=1S/C22H18BN/c1-4-10-18(11-5-1)21-16-24(20-14-8-3-9-15-20)17-22(23-21)19-12-6-2-7-13-19/h1-17,23H. The fourth-order valence-electron chi connectivity index (χ4n) is 3.08. The molecule has 3 aromatic rings. The lowest BCUT2D eigenvalue weighted by molar-refractivity contribution is 1.29. The Hall–Kier alpha value is -3.00. The van der Waals surface area contributed by atoms with E-state index in [2.05, 4.69) is 108 Å². The normalized spacial score (nSPS) is 13.8. The summed E-state index contributed by atoms with van der Waals surface area (Å²) < 4.78 is 0. The predicted molar refractivity (Wildman–Crippen MR) is 105 cm³/mol. The summed E-state index contributed by atoms with van der Waals surface area (Å²) in [7, 11) is 0.942. The second kappa shape index (κ2) is 6.63. The first-order valence-corrected chi connectivity index (χ1v) is 8.26. The zero-order chi connectivity index (χ0) is 16.2. The molecule has 4 rings (SSSR count). The lowest BCUT2D eigenvalue weighted by Crippen LogP contribution is -2.18. The van der Waals surface area contributed by atoms with Gasteiger partial charge in [-0.15, -0.1) is 0 Å². The first-order chi connectivity index (χ1) is 11.9. The number of rotatable bonds is 3. The van der Waals surface area contributed by atoms with Crippen LogP contribution in [-0.2, 0) is 0 Å². The summed E-state index contributed by atoms with van der Waals surface area (Å²) in [4.78, 5) is 2.23. The van der Waals surface area contributed by atoms with Gasteiger partial charge in [-0.25, -0.2) is 0 Å².